The third-order valence-corrected chi connectivity index (χ3v) is 4.65. The molecule has 2 aromatic rings. The van der Waals surface area contributed by atoms with E-state index in [1.165, 1.54) is 16.7 Å². The van der Waals surface area contributed by atoms with Gasteiger partial charge in [0.1, 0.15) is 5.82 Å². The highest BCUT2D eigenvalue weighted by Crippen LogP contribution is 2.35. The fraction of sp³-hybridized carbons (Fsp3) is 0.300. The number of hydrogen-bond donors (Lipinski definition) is 1. The van der Waals surface area contributed by atoms with Gasteiger partial charge in [-0.3, -0.25) is 0 Å². The van der Waals surface area contributed by atoms with E-state index in [0.717, 1.165) is 24.1 Å². The van der Waals surface area contributed by atoms with Gasteiger partial charge in [0.25, 0.3) is 0 Å². The molecular formula is C20H22FN. The summed E-state index contributed by atoms with van der Waals surface area (Å²) in [4.78, 5) is 0. The van der Waals surface area contributed by atoms with Crippen LogP contribution in [0.15, 0.2) is 43.0 Å². The van der Waals surface area contributed by atoms with E-state index >= 15 is 0 Å². The molecule has 1 aliphatic rings. The first-order valence-corrected chi connectivity index (χ1v) is 7.81. The molecule has 1 aliphatic heterocycles. The van der Waals surface area contributed by atoms with E-state index in [1.54, 1.807) is 6.07 Å². The van der Waals surface area contributed by atoms with Crippen LogP contribution in [0, 0.1) is 19.7 Å². The lowest BCUT2D eigenvalue weighted by atomic mass is 9.91. The van der Waals surface area contributed by atoms with Gasteiger partial charge in [-0.2, -0.15) is 0 Å². The lowest BCUT2D eigenvalue weighted by Crippen LogP contribution is -2.14. The van der Waals surface area contributed by atoms with E-state index in [0.29, 0.717) is 5.92 Å². The van der Waals surface area contributed by atoms with Crippen molar-refractivity contribution in [2.75, 3.05) is 6.54 Å². The first-order valence-electron chi connectivity index (χ1n) is 7.81. The van der Waals surface area contributed by atoms with Crippen LogP contribution in [0.3, 0.4) is 0 Å². The molecule has 1 N–H and O–H groups in total. The standard InChI is InChI=1S/C20H22FN/c1-4-15-6-7-16(10-14(15)3)17-11-20(22-12-17)18-8-5-13(2)9-19(18)21/h4-10,17,20,22H,1,11-12H2,2-3H3. The molecular weight excluding hydrogens is 273 g/mol. The van der Waals surface area contributed by atoms with Crippen molar-refractivity contribution in [3.05, 3.63) is 76.6 Å². The molecule has 0 spiro atoms. The SMILES string of the molecule is C=Cc1ccc(C2CNC(c3ccc(C)cc3F)C2)cc1C. The topological polar surface area (TPSA) is 12.0 Å². The molecule has 2 unspecified atom stereocenters. The predicted octanol–water partition coefficient (Wildman–Crippen LogP) is 4.90. The minimum Gasteiger partial charge on any atom is -0.309 e. The Labute approximate surface area is 131 Å². The second kappa shape index (κ2) is 6.05. The third-order valence-electron chi connectivity index (χ3n) is 4.65. The summed E-state index contributed by atoms with van der Waals surface area (Å²) in [7, 11) is 0. The summed E-state index contributed by atoms with van der Waals surface area (Å²) < 4.78 is 14.1. The van der Waals surface area contributed by atoms with Gasteiger partial charge in [0, 0.05) is 18.2 Å². The summed E-state index contributed by atoms with van der Waals surface area (Å²) in [5.41, 5.74) is 5.50. The first kappa shape index (κ1) is 15.0. The van der Waals surface area contributed by atoms with Crippen molar-refractivity contribution in [1.82, 2.24) is 5.32 Å². The molecule has 1 heterocycles. The maximum absolute atomic E-state index is 14.1. The fourth-order valence-corrected chi connectivity index (χ4v) is 3.32. The summed E-state index contributed by atoms with van der Waals surface area (Å²) in [6, 6.07) is 12.1. The highest BCUT2D eigenvalue weighted by atomic mass is 19.1. The van der Waals surface area contributed by atoms with Gasteiger partial charge in [-0.15, -0.1) is 0 Å². The van der Waals surface area contributed by atoms with Crippen LogP contribution in [0.1, 0.15) is 46.2 Å². The van der Waals surface area contributed by atoms with Gasteiger partial charge in [0.05, 0.1) is 0 Å². The van der Waals surface area contributed by atoms with Gasteiger partial charge < -0.3 is 5.32 Å². The Morgan fingerprint density at radius 1 is 1.18 bits per heavy atom. The molecule has 22 heavy (non-hydrogen) atoms. The average Bonchev–Trinajstić information content (AvgIpc) is 2.96. The minimum absolute atomic E-state index is 0.101. The molecule has 3 rings (SSSR count). The number of halogens is 1. The van der Waals surface area contributed by atoms with Crippen LogP contribution in [0.25, 0.3) is 6.08 Å². The van der Waals surface area contributed by atoms with Crippen LogP contribution in [-0.2, 0) is 0 Å². The van der Waals surface area contributed by atoms with Gasteiger partial charge in [-0.25, -0.2) is 4.39 Å². The molecule has 0 saturated carbocycles. The molecule has 0 radical (unpaired) electrons. The van der Waals surface area contributed by atoms with Gasteiger partial charge in [-0.05, 0) is 54.5 Å². The normalized spacial score (nSPS) is 21.0. The quantitative estimate of drug-likeness (QED) is 0.849. The minimum atomic E-state index is -0.101. The van der Waals surface area contributed by atoms with Crippen LogP contribution in [0.4, 0.5) is 4.39 Å². The number of aryl methyl sites for hydroxylation is 2. The molecule has 0 aliphatic carbocycles. The van der Waals surface area contributed by atoms with Crippen LogP contribution < -0.4 is 5.32 Å². The predicted molar refractivity (Wildman–Crippen MR) is 90.5 cm³/mol. The Kier molecular flexibility index (Phi) is 4.12. The molecule has 0 bridgehead atoms. The number of rotatable bonds is 3. The molecule has 1 nitrogen and oxygen atoms in total. The number of hydrogen-bond acceptors (Lipinski definition) is 1. The second-order valence-electron chi connectivity index (χ2n) is 6.24. The second-order valence-corrected chi connectivity index (χ2v) is 6.24. The lowest BCUT2D eigenvalue weighted by Gasteiger charge is -2.14. The summed E-state index contributed by atoms with van der Waals surface area (Å²) >= 11 is 0. The van der Waals surface area contributed by atoms with Crippen molar-refractivity contribution >= 4 is 6.08 Å². The maximum Gasteiger partial charge on any atom is 0.128 e. The zero-order valence-electron chi connectivity index (χ0n) is 13.2. The van der Waals surface area contributed by atoms with Crippen LogP contribution in [0.2, 0.25) is 0 Å². The average molecular weight is 295 g/mol. The monoisotopic (exact) mass is 295 g/mol. The van der Waals surface area contributed by atoms with Gasteiger partial charge >= 0.3 is 0 Å². The number of nitrogens with one attached hydrogen (secondary N) is 1. The highest BCUT2D eigenvalue weighted by Gasteiger charge is 2.28. The largest absolute Gasteiger partial charge is 0.309 e. The Morgan fingerprint density at radius 2 is 2.00 bits per heavy atom. The van der Waals surface area contributed by atoms with E-state index in [4.69, 9.17) is 0 Å². The first-order chi connectivity index (χ1) is 10.6. The van der Waals surface area contributed by atoms with Crippen LogP contribution >= 0.6 is 0 Å². The van der Waals surface area contributed by atoms with E-state index in [9.17, 15) is 4.39 Å². The van der Waals surface area contributed by atoms with Crippen LogP contribution in [-0.4, -0.2) is 6.54 Å². The lowest BCUT2D eigenvalue weighted by molar-refractivity contribution is 0.555. The number of benzene rings is 2. The van der Waals surface area contributed by atoms with Crippen molar-refractivity contribution in [2.24, 2.45) is 0 Å². The summed E-state index contributed by atoms with van der Waals surface area (Å²) in [6.07, 6.45) is 2.82. The van der Waals surface area contributed by atoms with Crippen molar-refractivity contribution in [2.45, 2.75) is 32.2 Å². The van der Waals surface area contributed by atoms with E-state index in [1.807, 2.05) is 25.1 Å². The van der Waals surface area contributed by atoms with Crippen molar-refractivity contribution < 1.29 is 4.39 Å². The van der Waals surface area contributed by atoms with Gasteiger partial charge in [0.2, 0.25) is 0 Å². The summed E-state index contributed by atoms with van der Waals surface area (Å²) in [5, 5.41) is 3.47. The third kappa shape index (κ3) is 2.84. The zero-order chi connectivity index (χ0) is 15.7. The molecule has 0 aromatic heterocycles. The van der Waals surface area contributed by atoms with E-state index in [-0.39, 0.29) is 11.9 Å². The van der Waals surface area contributed by atoms with Crippen molar-refractivity contribution in [3.63, 3.8) is 0 Å². The molecule has 1 fully saturated rings. The molecule has 1 saturated heterocycles. The molecule has 0 amide bonds. The van der Waals surface area contributed by atoms with Crippen LogP contribution in [0.5, 0.6) is 0 Å². The molecule has 2 aromatic carbocycles. The van der Waals surface area contributed by atoms with Gasteiger partial charge in [-0.1, -0.05) is 43.0 Å². The Morgan fingerprint density at radius 3 is 2.68 bits per heavy atom. The summed E-state index contributed by atoms with van der Waals surface area (Å²) in [5.74, 6) is 0.333. The Bertz CT molecular complexity index is 705. The molecule has 2 heteroatoms. The van der Waals surface area contributed by atoms with Crippen molar-refractivity contribution in [3.8, 4) is 0 Å². The van der Waals surface area contributed by atoms with E-state index < -0.39 is 0 Å². The summed E-state index contributed by atoms with van der Waals surface area (Å²) in [6.45, 7) is 8.76. The fourth-order valence-electron chi connectivity index (χ4n) is 3.32. The Hall–Kier alpha value is -1.93. The molecule has 2 atom stereocenters. The molecule has 114 valence electrons. The zero-order valence-corrected chi connectivity index (χ0v) is 13.2. The smallest absolute Gasteiger partial charge is 0.128 e. The van der Waals surface area contributed by atoms with Gasteiger partial charge in [0.15, 0.2) is 0 Å². The van der Waals surface area contributed by atoms with Crippen molar-refractivity contribution in [1.29, 1.82) is 0 Å². The van der Waals surface area contributed by atoms with E-state index in [2.05, 4.69) is 37.0 Å². The maximum atomic E-state index is 14.1. The highest BCUT2D eigenvalue weighted by molar-refractivity contribution is 5.52. The Balaban J connectivity index is 1.80.